The van der Waals surface area contributed by atoms with E-state index < -0.39 is 0 Å². The SMILES string of the molecule is Cc1cc(C(=O)N2CC(C)CCC2C)ccc1C#CCN. The Morgan fingerprint density at radius 1 is 1.38 bits per heavy atom. The molecule has 3 heteroatoms. The molecule has 1 fully saturated rings. The summed E-state index contributed by atoms with van der Waals surface area (Å²) >= 11 is 0. The Kier molecular flexibility index (Phi) is 5.03. The fraction of sp³-hybridized carbons (Fsp3) is 0.500. The van der Waals surface area contributed by atoms with Gasteiger partial charge >= 0.3 is 0 Å². The summed E-state index contributed by atoms with van der Waals surface area (Å²) in [6, 6.07) is 6.06. The molecule has 0 bridgehead atoms. The number of hydrogen-bond donors (Lipinski definition) is 1. The van der Waals surface area contributed by atoms with E-state index in [2.05, 4.69) is 25.7 Å². The molecule has 2 rings (SSSR count). The van der Waals surface area contributed by atoms with Crippen LogP contribution >= 0.6 is 0 Å². The molecular weight excluding hydrogens is 260 g/mol. The minimum Gasteiger partial charge on any atom is -0.336 e. The Morgan fingerprint density at radius 2 is 2.14 bits per heavy atom. The van der Waals surface area contributed by atoms with Crippen LogP contribution in [0, 0.1) is 24.7 Å². The van der Waals surface area contributed by atoms with Crippen LogP contribution in [-0.4, -0.2) is 29.9 Å². The number of carbonyl (C=O) groups is 1. The Hall–Kier alpha value is -1.79. The molecule has 2 unspecified atom stereocenters. The van der Waals surface area contributed by atoms with Crippen molar-refractivity contribution in [3.63, 3.8) is 0 Å². The lowest BCUT2D eigenvalue weighted by Crippen LogP contribution is -2.44. The second kappa shape index (κ2) is 6.78. The zero-order chi connectivity index (χ0) is 15.4. The molecule has 1 amide bonds. The number of amides is 1. The number of rotatable bonds is 1. The fourth-order valence-electron chi connectivity index (χ4n) is 2.82. The zero-order valence-electron chi connectivity index (χ0n) is 13.1. The molecule has 112 valence electrons. The van der Waals surface area contributed by atoms with Gasteiger partial charge < -0.3 is 10.6 Å². The van der Waals surface area contributed by atoms with Gasteiger partial charge in [0.1, 0.15) is 0 Å². The van der Waals surface area contributed by atoms with Crippen LogP contribution in [0.5, 0.6) is 0 Å². The quantitative estimate of drug-likeness (QED) is 0.806. The van der Waals surface area contributed by atoms with Crippen LogP contribution in [0.3, 0.4) is 0 Å². The third-order valence-electron chi connectivity index (χ3n) is 4.18. The summed E-state index contributed by atoms with van der Waals surface area (Å²) in [5, 5.41) is 0. The Morgan fingerprint density at radius 3 is 2.81 bits per heavy atom. The molecule has 1 saturated heterocycles. The van der Waals surface area contributed by atoms with Gasteiger partial charge in [-0.15, -0.1) is 0 Å². The molecule has 0 saturated carbocycles. The Bertz CT molecular complexity index is 583. The maximum absolute atomic E-state index is 12.7. The minimum atomic E-state index is 0.135. The maximum atomic E-state index is 12.7. The number of likely N-dealkylation sites (tertiary alicyclic amines) is 1. The van der Waals surface area contributed by atoms with Crippen LogP contribution < -0.4 is 5.73 Å². The van der Waals surface area contributed by atoms with E-state index in [0.29, 0.717) is 18.5 Å². The van der Waals surface area contributed by atoms with E-state index in [9.17, 15) is 4.79 Å². The highest BCUT2D eigenvalue weighted by molar-refractivity contribution is 5.94. The first-order valence-electron chi connectivity index (χ1n) is 7.63. The van der Waals surface area contributed by atoms with Crippen LogP contribution in [0.1, 0.15) is 48.2 Å². The number of piperidine rings is 1. The largest absolute Gasteiger partial charge is 0.336 e. The van der Waals surface area contributed by atoms with Crippen molar-refractivity contribution in [3.05, 3.63) is 34.9 Å². The molecule has 1 aliphatic rings. The monoisotopic (exact) mass is 284 g/mol. The summed E-state index contributed by atoms with van der Waals surface area (Å²) in [5.74, 6) is 6.61. The van der Waals surface area contributed by atoms with Crippen LogP contribution in [-0.2, 0) is 0 Å². The molecule has 1 aromatic carbocycles. The third kappa shape index (κ3) is 3.65. The second-order valence-corrected chi connectivity index (χ2v) is 6.02. The molecule has 1 aromatic rings. The molecule has 2 N–H and O–H groups in total. The lowest BCUT2D eigenvalue weighted by molar-refractivity contribution is 0.0574. The van der Waals surface area contributed by atoms with Gasteiger partial charge in [0.2, 0.25) is 0 Å². The number of nitrogens with two attached hydrogens (primary N) is 1. The first-order chi connectivity index (χ1) is 10.0. The Labute approximate surface area is 127 Å². The molecule has 1 aliphatic heterocycles. The van der Waals surface area contributed by atoms with Crippen molar-refractivity contribution in [2.45, 2.75) is 39.7 Å². The molecule has 0 aromatic heterocycles. The van der Waals surface area contributed by atoms with Crippen molar-refractivity contribution >= 4 is 5.91 Å². The normalized spacial score (nSPS) is 21.6. The topological polar surface area (TPSA) is 46.3 Å². The predicted molar refractivity (Wildman–Crippen MR) is 86.0 cm³/mol. The van der Waals surface area contributed by atoms with E-state index in [1.165, 1.54) is 6.42 Å². The van der Waals surface area contributed by atoms with Crippen molar-refractivity contribution < 1.29 is 4.79 Å². The van der Waals surface area contributed by atoms with Gasteiger partial charge in [0.25, 0.3) is 5.91 Å². The van der Waals surface area contributed by atoms with Gasteiger partial charge in [0.15, 0.2) is 0 Å². The van der Waals surface area contributed by atoms with E-state index in [0.717, 1.165) is 29.7 Å². The lowest BCUT2D eigenvalue weighted by atomic mass is 9.94. The van der Waals surface area contributed by atoms with Gasteiger partial charge in [-0.2, -0.15) is 0 Å². The van der Waals surface area contributed by atoms with E-state index in [1.54, 1.807) is 0 Å². The molecule has 0 radical (unpaired) electrons. The zero-order valence-corrected chi connectivity index (χ0v) is 13.1. The minimum absolute atomic E-state index is 0.135. The summed E-state index contributed by atoms with van der Waals surface area (Å²) in [5.41, 5.74) is 8.12. The van der Waals surface area contributed by atoms with Crippen molar-refractivity contribution in [1.29, 1.82) is 0 Å². The van der Waals surface area contributed by atoms with E-state index in [-0.39, 0.29) is 5.91 Å². The number of aryl methyl sites for hydroxylation is 1. The van der Waals surface area contributed by atoms with Gasteiger partial charge in [-0.1, -0.05) is 18.8 Å². The molecule has 21 heavy (non-hydrogen) atoms. The highest BCUT2D eigenvalue weighted by atomic mass is 16.2. The third-order valence-corrected chi connectivity index (χ3v) is 4.18. The van der Waals surface area contributed by atoms with Gasteiger partial charge in [-0.3, -0.25) is 4.79 Å². The number of benzene rings is 1. The van der Waals surface area contributed by atoms with Crippen LogP contribution in [0.25, 0.3) is 0 Å². The van der Waals surface area contributed by atoms with Gasteiger partial charge in [-0.25, -0.2) is 0 Å². The highest BCUT2D eigenvalue weighted by Gasteiger charge is 2.27. The van der Waals surface area contributed by atoms with E-state index >= 15 is 0 Å². The molecule has 0 spiro atoms. The number of hydrogen-bond acceptors (Lipinski definition) is 2. The van der Waals surface area contributed by atoms with Crippen LogP contribution in [0.15, 0.2) is 18.2 Å². The van der Waals surface area contributed by atoms with Crippen molar-refractivity contribution in [2.75, 3.05) is 13.1 Å². The highest BCUT2D eigenvalue weighted by Crippen LogP contribution is 2.23. The van der Waals surface area contributed by atoms with Gasteiger partial charge in [-0.05, 0) is 56.4 Å². The standard InChI is InChI=1S/C18H24N2O/c1-13-6-7-15(3)20(12-13)18(21)17-9-8-16(5-4-10-19)14(2)11-17/h8-9,11,13,15H,6-7,10,12,19H2,1-3H3. The van der Waals surface area contributed by atoms with Crippen molar-refractivity contribution in [3.8, 4) is 11.8 Å². The van der Waals surface area contributed by atoms with Gasteiger partial charge in [0.05, 0.1) is 6.54 Å². The summed E-state index contributed by atoms with van der Waals surface area (Å²) in [6.07, 6.45) is 2.30. The smallest absolute Gasteiger partial charge is 0.254 e. The predicted octanol–water partition coefficient (Wildman–Crippen LogP) is 2.57. The average Bonchev–Trinajstić information content (AvgIpc) is 2.47. The second-order valence-electron chi connectivity index (χ2n) is 6.02. The Balaban J connectivity index is 2.21. The molecule has 1 heterocycles. The molecule has 0 aliphatic carbocycles. The molecule has 2 atom stereocenters. The summed E-state index contributed by atoms with van der Waals surface area (Å²) in [7, 11) is 0. The fourth-order valence-corrected chi connectivity index (χ4v) is 2.82. The molecule has 3 nitrogen and oxygen atoms in total. The van der Waals surface area contributed by atoms with Crippen molar-refractivity contribution in [2.24, 2.45) is 11.7 Å². The lowest BCUT2D eigenvalue weighted by Gasteiger charge is -2.37. The summed E-state index contributed by atoms with van der Waals surface area (Å²) in [6.45, 7) is 7.54. The number of nitrogens with zero attached hydrogens (tertiary/aromatic N) is 1. The van der Waals surface area contributed by atoms with Crippen LogP contribution in [0.4, 0.5) is 0 Å². The first-order valence-corrected chi connectivity index (χ1v) is 7.63. The maximum Gasteiger partial charge on any atom is 0.254 e. The number of carbonyl (C=O) groups excluding carboxylic acids is 1. The van der Waals surface area contributed by atoms with E-state index in [1.807, 2.05) is 30.0 Å². The average molecular weight is 284 g/mol. The van der Waals surface area contributed by atoms with Gasteiger partial charge in [0, 0.05) is 23.7 Å². The van der Waals surface area contributed by atoms with Crippen molar-refractivity contribution in [1.82, 2.24) is 4.90 Å². The first kappa shape index (κ1) is 15.6. The van der Waals surface area contributed by atoms with E-state index in [4.69, 9.17) is 5.73 Å². The summed E-state index contributed by atoms with van der Waals surface area (Å²) < 4.78 is 0. The molecular formula is C18H24N2O. The van der Waals surface area contributed by atoms with Crippen LogP contribution in [0.2, 0.25) is 0 Å². The summed E-state index contributed by atoms with van der Waals surface area (Å²) in [4.78, 5) is 14.7.